The predicted octanol–water partition coefficient (Wildman–Crippen LogP) is 4.94. The van der Waals surface area contributed by atoms with Gasteiger partial charge in [0.25, 0.3) is 0 Å². The molecular formula is C28H34N4O4. The van der Waals surface area contributed by atoms with Crippen molar-refractivity contribution in [3.8, 4) is 23.1 Å². The highest BCUT2D eigenvalue weighted by Crippen LogP contribution is 2.31. The summed E-state index contributed by atoms with van der Waals surface area (Å²) in [4.78, 5) is 23.8. The van der Waals surface area contributed by atoms with Gasteiger partial charge in [-0.25, -0.2) is 9.97 Å². The maximum atomic E-state index is 13.0. The van der Waals surface area contributed by atoms with E-state index in [0.29, 0.717) is 17.4 Å². The number of carbonyl (C=O) groups excluding carboxylic acids is 1. The zero-order valence-corrected chi connectivity index (χ0v) is 21.4. The van der Waals surface area contributed by atoms with E-state index in [1.165, 1.54) is 11.9 Å². The first-order valence-corrected chi connectivity index (χ1v) is 12.4. The maximum Gasteiger partial charge on any atom is 0.224 e. The standard InChI is InChI=1S/C28H34N4O4/c1-5-20-6-9-23(10-7-20)36-27-17-26(29-18-30-27)32-14-12-21(13-15-32)28(33)31-19(2)22-8-11-24(34-3)25(16-22)35-4/h6-11,16-19,21H,5,12-15H2,1-4H3,(H,31,33)/t19-/m0/s1. The fourth-order valence-electron chi connectivity index (χ4n) is 4.38. The zero-order chi connectivity index (χ0) is 25.5. The number of ether oxygens (including phenoxy) is 3. The lowest BCUT2D eigenvalue weighted by Gasteiger charge is -2.32. The Morgan fingerprint density at radius 3 is 2.42 bits per heavy atom. The van der Waals surface area contributed by atoms with Crippen LogP contribution in [0.25, 0.3) is 0 Å². The molecule has 3 aromatic rings. The van der Waals surface area contributed by atoms with Crippen molar-refractivity contribution in [3.05, 3.63) is 66.0 Å². The summed E-state index contributed by atoms with van der Waals surface area (Å²) in [6.45, 7) is 5.58. The van der Waals surface area contributed by atoms with Crippen LogP contribution >= 0.6 is 0 Å². The van der Waals surface area contributed by atoms with Crippen LogP contribution in [-0.2, 0) is 11.2 Å². The number of amides is 1. The van der Waals surface area contributed by atoms with Crippen LogP contribution in [0.1, 0.15) is 43.9 Å². The Morgan fingerprint density at radius 1 is 1.03 bits per heavy atom. The second kappa shape index (κ2) is 11.7. The SMILES string of the molecule is CCc1ccc(Oc2cc(N3CCC(C(=O)N[C@@H](C)c4ccc(OC)c(OC)c4)CC3)ncn2)cc1. The topological polar surface area (TPSA) is 85.8 Å². The number of aryl methyl sites for hydroxylation is 1. The summed E-state index contributed by atoms with van der Waals surface area (Å²) < 4.78 is 16.6. The van der Waals surface area contributed by atoms with Crippen LogP contribution < -0.4 is 24.4 Å². The number of rotatable bonds is 9. The Kier molecular flexibility index (Phi) is 8.25. The molecule has 1 N–H and O–H groups in total. The Bertz CT molecular complexity index is 1160. The average Bonchev–Trinajstić information content (AvgIpc) is 2.93. The zero-order valence-electron chi connectivity index (χ0n) is 21.4. The molecule has 0 unspecified atom stereocenters. The second-order valence-corrected chi connectivity index (χ2v) is 8.92. The van der Waals surface area contributed by atoms with Crippen LogP contribution in [0.2, 0.25) is 0 Å². The summed E-state index contributed by atoms with van der Waals surface area (Å²) in [6.07, 6.45) is 4.02. The van der Waals surface area contributed by atoms with Gasteiger partial charge in [0.15, 0.2) is 11.5 Å². The lowest BCUT2D eigenvalue weighted by Crippen LogP contribution is -2.41. The summed E-state index contributed by atoms with van der Waals surface area (Å²) in [5.74, 6) is 3.40. The quantitative estimate of drug-likeness (QED) is 0.455. The Balaban J connectivity index is 1.31. The molecule has 2 heterocycles. The van der Waals surface area contributed by atoms with Crippen LogP contribution in [0.4, 0.5) is 5.82 Å². The van der Waals surface area contributed by atoms with Gasteiger partial charge in [-0.2, -0.15) is 0 Å². The minimum Gasteiger partial charge on any atom is -0.493 e. The van der Waals surface area contributed by atoms with Gasteiger partial charge in [-0.05, 0) is 61.6 Å². The van der Waals surface area contributed by atoms with Crippen LogP contribution in [0, 0.1) is 5.92 Å². The monoisotopic (exact) mass is 490 g/mol. The summed E-state index contributed by atoms with van der Waals surface area (Å²) in [6, 6.07) is 15.4. The minimum absolute atomic E-state index is 0.0431. The number of hydrogen-bond acceptors (Lipinski definition) is 7. The molecule has 1 fully saturated rings. The van der Waals surface area contributed by atoms with Crippen LogP contribution in [-0.4, -0.2) is 43.2 Å². The highest BCUT2D eigenvalue weighted by molar-refractivity contribution is 5.79. The van der Waals surface area contributed by atoms with E-state index in [9.17, 15) is 4.79 Å². The molecule has 8 nitrogen and oxygen atoms in total. The number of methoxy groups -OCH3 is 2. The Labute approximate surface area is 212 Å². The summed E-state index contributed by atoms with van der Waals surface area (Å²) >= 11 is 0. The molecule has 8 heteroatoms. The summed E-state index contributed by atoms with van der Waals surface area (Å²) in [5.41, 5.74) is 2.23. The van der Waals surface area contributed by atoms with Gasteiger partial charge >= 0.3 is 0 Å². The first-order valence-electron chi connectivity index (χ1n) is 12.4. The number of nitrogens with zero attached hydrogens (tertiary/aromatic N) is 3. The molecular weight excluding hydrogens is 456 g/mol. The van der Waals surface area contributed by atoms with Crippen molar-refractivity contribution in [2.45, 2.75) is 39.2 Å². The molecule has 4 rings (SSSR count). The lowest BCUT2D eigenvalue weighted by atomic mass is 9.95. The number of benzene rings is 2. The predicted molar refractivity (Wildman–Crippen MR) is 139 cm³/mol. The van der Waals surface area contributed by atoms with Gasteiger partial charge in [0, 0.05) is 25.1 Å². The minimum atomic E-state index is -0.136. The van der Waals surface area contributed by atoms with Gasteiger partial charge in [0.2, 0.25) is 11.8 Å². The summed E-state index contributed by atoms with van der Waals surface area (Å²) in [7, 11) is 3.21. The molecule has 0 aliphatic carbocycles. The number of hydrogen-bond donors (Lipinski definition) is 1. The highest BCUT2D eigenvalue weighted by atomic mass is 16.5. The average molecular weight is 491 g/mol. The van der Waals surface area contributed by atoms with Crippen molar-refractivity contribution in [3.63, 3.8) is 0 Å². The van der Waals surface area contributed by atoms with Gasteiger partial charge in [0.1, 0.15) is 17.9 Å². The van der Waals surface area contributed by atoms with E-state index in [0.717, 1.165) is 49.5 Å². The molecule has 0 radical (unpaired) electrons. The fourth-order valence-corrected chi connectivity index (χ4v) is 4.38. The van der Waals surface area contributed by atoms with Crippen molar-refractivity contribution < 1.29 is 19.0 Å². The van der Waals surface area contributed by atoms with E-state index in [2.05, 4.69) is 39.2 Å². The highest BCUT2D eigenvalue weighted by Gasteiger charge is 2.27. The van der Waals surface area contributed by atoms with E-state index < -0.39 is 0 Å². The molecule has 36 heavy (non-hydrogen) atoms. The Morgan fingerprint density at radius 2 is 1.75 bits per heavy atom. The number of aromatic nitrogens is 2. The molecule has 1 amide bonds. The van der Waals surface area contributed by atoms with Crippen molar-refractivity contribution >= 4 is 11.7 Å². The number of nitrogens with one attached hydrogen (secondary N) is 1. The van der Waals surface area contributed by atoms with Crippen LogP contribution in [0.5, 0.6) is 23.1 Å². The van der Waals surface area contributed by atoms with Gasteiger partial charge in [-0.1, -0.05) is 25.1 Å². The van der Waals surface area contributed by atoms with Crippen molar-refractivity contribution in [1.29, 1.82) is 0 Å². The Hall–Kier alpha value is -3.81. The van der Waals surface area contributed by atoms with Crippen LogP contribution in [0.3, 0.4) is 0 Å². The molecule has 1 aliphatic rings. The largest absolute Gasteiger partial charge is 0.493 e. The van der Waals surface area contributed by atoms with Gasteiger partial charge in [0.05, 0.1) is 20.3 Å². The summed E-state index contributed by atoms with van der Waals surface area (Å²) in [5, 5.41) is 3.15. The van der Waals surface area contributed by atoms with Crippen molar-refractivity contribution in [1.82, 2.24) is 15.3 Å². The van der Waals surface area contributed by atoms with E-state index in [1.54, 1.807) is 14.2 Å². The molecule has 1 aromatic heterocycles. The van der Waals surface area contributed by atoms with E-state index in [4.69, 9.17) is 14.2 Å². The van der Waals surface area contributed by atoms with Gasteiger partial charge < -0.3 is 24.4 Å². The second-order valence-electron chi connectivity index (χ2n) is 8.92. The third-order valence-corrected chi connectivity index (χ3v) is 6.64. The van der Waals surface area contributed by atoms with Gasteiger partial charge in [-0.3, -0.25) is 4.79 Å². The van der Waals surface area contributed by atoms with Crippen molar-refractivity contribution in [2.75, 3.05) is 32.2 Å². The molecule has 1 saturated heterocycles. The molecule has 0 spiro atoms. The number of carbonyl (C=O) groups is 1. The fraction of sp³-hybridized carbons (Fsp3) is 0.393. The number of piperidine rings is 1. The normalized spacial score (nSPS) is 14.7. The molecule has 0 saturated carbocycles. The lowest BCUT2D eigenvalue weighted by molar-refractivity contribution is -0.126. The van der Waals surface area contributed by atoms with Crippen LogP contribution in [0.15, 0.2) is 54.9 Å². The molecule has 190 valence electrons. The molecule has 1 aliphatic heterocycles. The van der Waals surface area contributed by atoms with E-state index in [-0.39, 0.29) is 17.9 Å². The smallest absolute Gasteiger partial charge is 0.224 e. The first kappa shape index (κ1) is 25.3. The third kappa shape index (κ3) is 6.05. The first-order chi connectivity index (χ1) is 17.5. The van der Waals surface area contributed by atoms with Gasteiger partial charge in [-0.15, -0.1) is 0 Å². The van der Waals surface area contributed by atoms with E-state index in [1.807, 2.05) is 43.3 Å². The number of anilines is 1. The maximum absolute atomic E-state index is 13.0. The van der Waals surface area contributed by atoms with Crippen molar-refractivity contribution in [2.24, 2.45) is 5.92 Å². The molecule has 2 aromatic carbocycles. The third-order valence-electron chi connectivity index (χ3n) is 6.64. The molecule has 0 bridgehead atoms. The van der Waals surface area contributed by atoms with E-state index >= 15 is 0 Å². The molecule has 1 atom stereocenters.